The molecule has 1 amide bonds. The third-order valence-electron chi connectivity index (χ3n) is 4.53. The summed E-state index contributed by atoms with van der Waals surface area (Å²) >= 11 is 0. The number of hydrogen-bond donors (Lipinski definition) is 1. The van der Waals surface area contributed by atoms with Crippen LogP contribution in [0.25, 0.3) is 10.8 Å². The van der Waals surface area contributed by atoms with E-state index in [1.165, 1.54) is 0 Å². The molecule has 4 heteroatoms. The van der Waals surface area contributed by atoms with Gasteiger partial charge in [0.2, 0.25) is 0 Å². The van der Waals surface area contributed by atoms with Crippen LogP contribution < -0.4 is 5.32 Å². The highest BCUT2D eigenvalue weighted by atomic mass is 16.1. The molecule has 0 radical (unpaired) electrons. The normalized spacial score (nSPS) is 19.9. The van der Waals surface area contributed by atoms with E-state index in [1.807, 2.05) is 49.4 Å². The molecule has 2 aromatic carbocycles. The van der Waals surface area contributed by atoms with E-state index in [2.05, 4.69) is 16.3 Å². The lowest BCUT2D eigenvalue weighted by molar-refractivity contribution is 0.0895. The van der Waals surface area contributed by atoms with E-state index < -0.39 is 0 Å². The lowest BCUT2D eigenvalue weighted by Crippen LogP contribution is -2.50. The minimum atomic E-state index is -0.102. The average Bonchev–Trinajstić information content (AvgIpc) is 2.60. The fraction of sp³-hybridized carbons (Fsp3) is 0.368. The number of carbonyl (C=O) groups is 1. The predicted octanol–water partition coefficient (Wildman–Crippen LogP) is 2.95. The van der Waals surface area contributed by atoms with Crippen LogP contribution in [0.15, 0.2) is 42.5 Å². The maximum absolute atomic E-state index is 12.5. The number of nitrogens with one attached hydrogen (secondary N) is 1. The molecule has 2 atom stereocenters. The second-order valence-electron chi connectivity index (χ2n) is 6.17. The number of benzene rings is 2. The van der Waals surface area contributed by atoms with Gasteiger partial charge < -0.3 is 5.32 Å². The van der Waals surface area contributed by atoms with E-state index in [4.69, 9.17) is 5.26 Å². The number of hydrogen-bond acceptors (Lipinski definition) is 3. The predicted molar refractivity (Wildman–Crippen MR) is 91.1 cm³/mol. The number of fused-ring (bicyclic) bond motifs is 1. The van der Waals surface area contributed by atoms with Gasteiger partial charge in [0.05, 0.1) is 12.1 Å². The lowest BCUT2D eigenvalue weighted by atomic mass is 10.0. The molecule has 1 heterocycles. The topological polar surface area (TPSA) is 56.1 Å². The molecule has 0 spiro atoms. The van der Waals surface area contributed by atoms with Crippen LogP contribution in [-0.2, 0) is 0 Å². The summed E-state index contributed by atoms with van der Waals surface area (Å²) in [6.07, 6.45) is 1.97. The van der Waals surface area contributed by atoms with Gasteiger partial charge >= 0.3 is 0 Å². The summed E-state index contributed by atoms with van der Waals surface area (Å²) in [7, 11) is 0. The van der Waals surface area contributed by atoms with Crippen LogP contribution in [0.3, 0.4) is 0 Å². The van der Waals surface area contributed by atoms with Gasteiger partial charge in [-0.3, -0.25) is 9.69 Å². The average molecular weight is 307 g/mol. The molecule has 0 aliphatic carbocycles. The third kappa shape index (κ3) is 3.52. The fourth-order valence-electron chi connectivity index (χ4n) is 3.16. The highest BCUT2D eigenvalue weighted by molar-refractivity contribution is 5.98. The van der Waals surface area contributed by atoms with Crippen molar-refractivity contribution < 1.29 is 4.79 Å². The van der Waals surface area contributed by atoms with Crippen molar-refractivity contribution in [2.24, 2.45) is 0 Å². The SMILES string of the molecule is C[C@@H](C#N)N1CCC[C@H](NC(=O)c2ccc3ccccc3c2)C1. The van der Waals surface area contributed by atoms with Crippen molar-refractivity contribution in [2.75, 3.05) is 13.1 Å². The van der Waals surface area contributed by atoms with Crippen molar-refractivity contribution in [2.45, 2.75) is 31.8 Å². The molecule has 3 rings (SSSR count). The first-order chi connectivity index (χ1) is 11.2. The lowest BCUT2D eigenvalue weighted by Gasteiger charge is -2.34. The van der Waals surface area contributed by atoms with E-state index in [9.17, 15) is 4.79 Å². The van der Waals surface area contributed by atoms with Crippen molar-refractivity contribution in [1.29, 1.82) is 5.26 Å². The van der Waals surface area contributed by atoms with E-state index >= 15 is 0 Å². The van der Waals surface area contributed by atoms with E-state index in [-0.39, 0.29) is 18.0 Å². The number of carbonyl (C=O) groups excluding carboxylic acids is 1. The molecule has 1 fully saturated rings. The van der Waals surface area contributed by atoms with Crippen LogP contribution in [0.4, 0.5) is 0 Å². The van der Waals surface area contributed by atoms with E-state index in [1.54, 1.807) is 0 Å². The molecule has 1 N–H and O–H groups in total. The Morgan fingerprint density at radius 1 is 1.30 bits per heavy atom. The number of rotatable bonds is 3. The molecular weight excluding hydrogens is 286 g/mol. The molecule has 23 heavy (non-hydrogen) atoms. The highest BCUT2D eigenvalue weighted by Crippen LogP contribution is 2.17. The highest BCUT2D eigenvalue weighted by Gasteiger charge is 2.24. The summed E-state index contributed by atoms with van der Waals surface area (Å²) in [6, 6.07) is 16.1. The van der Waals surface area contributed by atoms with Crippen molar-refractivity contribution in [3.8, 4) is 6.07 Å². The summed E-state index contributed by atoms with van der Waals surface area (Å²) in [5.74, 6) is -0.0350. The Hall–Kier alpha value is -2.38. The fourth-order valence-corrected chi connectivity index (χ4v) is 3.16. The Balaban J connectivity index is 1.69. The van der Waals surface area contributed by atoms with E-state index in [0.717, 1.165) is 36.7 Å². The van der Waals surface area contributed by atoms with Crippen molar-refractivity contribution in [1.82, 2.24) is 10.2 Å². The van der Waals surface area contributed by atoms with Gasteiger partial charge in [-0.15, -0.1) is 0 Å². The molecule has 1 saturated heterocycles. The van der Waals surface area contributed by atoms with Gasteiger partial charge in [0.25, 0.3) is 5.91 Å². The molecule has 2 aromatic rings. The minimum Gasteiger partial charge on any atom is -0.348 e. The van der Waals surface area contributed by atoms with Crippen LogP contribution in [0.2, 0.25) is 0 Å². The van der Waals surface area contributed by atoms with E-state index in [0.29, 0.717) is 5.56 Å². The van der Waals surface area contributed by atoms with Gasteiger partial charge in [0, 0.05) is 18.2 Å². The molecule has 4 nitrogen and oxygen atoms in total. The zero-order valence-corrected chi connectivity index (χ0v) is 13.3. The number of nitriles is 1. The van der Waals surface area contributed by atoms with Gasteiger partial charge in [0.1, 0.15) is 0 Å². The van der Waals surface area contributed by atoms with Crippen LogP contribution in [0, 0.1) is 11.3 Å². The summed E-state index contributed by atoms with van der Waals surface area (Å²) in [6.45, 7) is 3.58. The summed E-state index contributed by atoms with van der Waals surface area (Å²) < 4.78 is 0. The Bertz CT molecular complexity index is 750. The molecule has 1 aliphatic rings. The Kier molecular flexibility index (Phi) is 4.59. The first-order valence-electron chi connectivity index (χ1n) is 8.10. The van der Waals surface area contributed by atoms with Crippen molar-refractivity contribution >= 4 is 16.7 Å². The van der Waals surface area contributed by atoms with Gasteiger partial charge in [-0.25, -0.2) is 0 Å². The van der Waals surface area contributed by atoms with Gasteiger partial charge in [-0.1, -0.05) is 30.3 Å². The summed E-state index contributed by atoms with van der Waals surface area (Å²) in [5, 5.41) is 14.4. The molecule has 0 bridgehead atoms. The third-order valence-corrected chi connectivity index (χ3v) is 4.53. The maximum Gasteiger partial charge on any atom is 0.251 e. The zero-order chi connectivity index (χ0) is 16.2. The second-order valence-corrected chi connectivity index (χ2v) is 6.17. The number of likely N-dealkylation sites (tertiary alicyclic amines) is 1. The van der Waals surface area contributed by atoms with Gasteiger partial charge in [-0.05, 0) is 49.2 Å². The van der Waals surface area contributed by atoms with Crippen molar-refractivity contribution in [3.63, 3.8) is 0 Å². The summed E-state index contributed by atoms with van der Waals surface area (Å²) in [4.78, 5) is 14.6. The summed E-state index contributed by atoms with van der Waals surface area (Å²) in [5.41, 5.74) is 0.689. The minimum absolute atomic E-state index is 0.0350. The Labute approximate surface area is 136 Å². The molecule has 0 aromatic heterocycles. The van der Waals surface area contributed by atoms with Crippen LogP contribution in [-0.4, -0.2) is 36.0 Å². The van der Waals surface area contributed by atoms with Crippen LogP contribution in [0.5, 0.6) is 0 Å². The zero-order valence-electron chi connectivity index (χ0n) is 13.3. The standard InChI is InChI=1S/C19H21N3O/c1-14(12-20)22-10-4-7-18(13-22)21-19(23)17-9-8-15-5-2-3-6-16(15)11-17/h2-3,5-6,8-9,11,14,18H,4,7,10,13H2,1H3,(H,21,23)/t14-,18-/m0/s1. The first kappa shape index (κ1) is 15.5. The van der Waals surface area contributed by atoms with Crippen LogP contribution in [0.1, 0.15) is 30.1 Å². The first-order valence-corrected chi connectivity index (χ1v) is 8.10. The molecule has 118 valence electrons. The molecule has 1 aliphatic heterocycles. The molecule has 0 unspecified atom stereocenters. The smallest absolute Gasteiger partial charge is 0.251 e. The largest absolute Gasteiger partial charge is 0.348 e. The maximum atomic E-state index is 12.5. The number of amides is 1. The number of nitrogens with zero attached hydrogens (tertiary/aromatic N) is 2. The van der Waals surface area contributed by atoms with Crippen molar-refractivity contribution in [3.05, 3.63) is 48.0 Å². The van der Waals surface area contributed by atoms with Crippen LogP contribution >= 0.6 is 0 Å². The Morgan fingerprint density at radius 2 is 2.09 bits per heavy atom. The number of piperidine rings is 1. The quantitative estimate of drug-likeness (QED) is 0.948. The second kappa shape index (κ2) is 6.80. The van der Waals surface area contributed by atoms with Gasteiger partial charge in [-0.2, -0.15) is 5.26 Å². The Morgan fingerprint density at radius 3 is 2.87 bits per heavy atom. The monoisotopic (exact) mass is 307 g/mol. The molecule has 0 saturated carbocycles. The molecular formula is C19H21N3O. The van der Waals surface area contributed by atoms with Gasteiger partial charge in [0.15, 0.2) is 0 Å².